The Balaban J connectivity index is -0.0000000267. The first-order valence-corrected chi connectivity index (χ1v) is 0.873. The maximum atomic E-state index is 9.75. The van der Waals surface area contributed by atoms with E-state index in [9.17, 15) is 17.3 Å². The molecule has 0 amide bonds. The molecule has 0 aliphatic heterocycles. The summed E-state index contributed by atoms with van der Waals surface area (Å²) in [6.07, 6.45) is 0. The van der Waals surface area contributed by atoms with E-state index in [0.717, 1.165) is 0 Å². The maximum Gasteiger partial charge on any atom is 0 e. The molecule has 0 spiro atoms. The van der Waals surface area contributed by atoms with Gasteiger partial charge < -0.3 is 17.3 Å². The Labute approximate surface area is 128 Å². The second-order valence-electron chi connectivity index (χ2n) is 0.495. The average molecular weight is 393 g/mol. The molecule has 1 radical (unpaired) electrons. The van der Waals surface area contributed by atoms with Gasteiger partial charge in [-0.1, -0.05) is 0 Å². The van der Waals surface area contributed by atoms with E-state index >= 15 is 0 Å². The molecule has 47 valence electrons. The SMILES string of the molecule is F[B-](F)(F)F.[BaH2].[LiH].[Tb]. The van der Waals surface area contributed by atoms with Crippen LogP contribution in [0, 0.1) is 38.6 Å². The molecule has 0 N–H and O–H groups in total. The summed E-state index contributed by atoms with van der Waals surface area (Å²) in [7, 11) is -6.00. The zero-order valence-corrected chi connectivity index (χ0v) is 4.56. The van der Waals surface area contributed by atoms with Crippen molar-refractivity contribution in [2.45, 2.75) is 0 Å². The van der Waals surface area contributed by atoms with Gasteiger partial charge in [0.05, 0.1) is 0 Å². The molecule has 0 saturated carbocycles. The van der Waals surface area contributed by atoms with Crippen molar-refractivity contribution in [1.29, 1.82) is 0 Å². The summed E-state index contributed by atoms with van der Waals surface area (Å²) < 4.78 is 39.0. The molecular weight excluding hydrogens is 390 g/mol. The number of hydrogen-bond acceptors (Lipinski definition) is 0. The van der Waals surface area contributed by atoms with Crippen molar-refractivity contribution in [2.75, 3.05) is 0 Å². The molecule has 0 aliphatic rings. The minimum Gasteiger partial charge on any atom is 0 e. The topological polar surface area (TPSA) is 0 Å². The number of rotatable bonds is 0. The van der Waals surface area contributed by atoms with E-state index in [4.69, 9.17) is 0 Å². The van der Waals surface area contributed by atoms with Gasteiger partial charge in [0.2, 0.25) is 0 Å². The predicted octanol–water partition coefficient (Wildman–Crippen LogP) is -0.265. The van der Waals surface area contributed by atoms with E-state index in [1.165, 1.54) is 0 Å². The molecule has 0 nitrogen and oxygen atoms in total. The summed E-state index contributed by atoms with van der Waals surface area (Å²) in [5.41, 5.74) is 0. The fourth-order valence-corrected chi connectivity index (χ4v) is 0. The fourth-order valence-electron chi connectivity index (χ4n) is 0. The van der Waals surface area contributed by atoms with E-state index in [0.29, 0.717) is 0 Å². The zero-order valence-electron chi connectivity index (χ0n) is 2.42. The minimum absolute atomic E-state index is 0. The molecule has 0 rings (SSSR count). The van der Waals surface area contributed by atoms with Crippen molar-refractivity contribution in [3.63, 3.8) is 0 Å². The normalized spacial score (nSPS) is 7.50. The van der Waals surface area contributed by atoms with Crippen LogP contribution in [0.4, 0.5) is 17.3 Å². The first-order chi connectivity index (χ1) is 2.00. The summed E-state index contributed by atoms with van der Waals surface area (Å²) in [6, 6.07) is 0. The molecule has 0 saturated heterocycles. The summed E-state index contributed by atoms with van der Waals surface area (Å²) in [4.78, 5) is 0. The first kappa shape index (κ1) is 22.5. The van der Waals surface area contributed by atoms with Gasteiger partial charge in [-0.05, 0) is 0 Å². The van der Waals surface area contributed by atoms with Gasteiger partial charge in [-0.2, -0.15) is 0 Å². The molecule has 0 aliphatic carbocycles. The predicted molar refractivity (Wildman–Crippen MR) is 25.9 cm³/mol. The van der Waals surface area contributed by atoms with Crippen molar-refractivity contribution in [2.24, 2.45) is 0 Å². The third-order valence-electron chi connectivity index (χ3n) is 0. The molecule has 0 heterocycles. The van der Waals surface area contributed by atoms with Gasteiger partial charge in [0.1, 0.15) is 0 Å². The standard InChI is InChI=1S/BF4.Ba.Li.Tb.3H/c2-1(3,4)5;;;;;;/q-1;;;;;;. The molecule has 0 bridgehead atoms. The van der Waals surface area contributed by atoms with Crippen LogP contribution in [0.2, 0.25) is 0 Å². The molecule has 0 aromatic carbocycles. The molecule has 0 unspecified atom stereocenters. The molecule has 8 heavy (non-hydrogen) atoms. The van der Waals surface area contributed by atoms with Crippen LogP contribution >= 0.6 is 0 Å². The Kier molecular flexibility index (Phi) is 28.8. The van der Waals surface area contributed by atoms with Crippen LogP contribution in [-0.2, 0) is 0 Å². The van der Waals surface area contributed by atoms with Crippen LogP contribution in [0.25, 0.3) is 0 Å². The van der Waals surface area contributed by atoms with E-state index < -0.39 is 7.25 Å². The van der Waals surface area contributed by atoms with Gasteiger partial charge in [-0.25, -0.2) is 0 Å². The van der Waals surface area contributed by atoms with Crippen molar-refractivity contribution in [1.82, 2.24) is 0 Å². The molecule has 0 aromatic rings. The molecule has 0 atom stereocenters. The summed E-state index contributed by atoms with van der Waals surface area (Å²) >= 11 is 0. The van der Waals surface area contributed by atoms with Gasteiger partial charge >= 0.3 is 75.0 Å². The largest absolute Gasteiger partial charge is 0 e. The monoisotopic (exact) mass is 394 g/mol. The molecule has 8 heteroatoms. The van der Waals surface area contributed by atoms with E-state index in [1.54, 1.807) is 0 Å². The Morgan fingerprint density at radius 2 is 0.875 bits per heavy atom. The fraction of sp³-hybridized carbons (Fsp3) is 0. The second-order valence-corrected chi connectivity index (χ2v) is 0.495. The van der Waals surface area contributed by atoms with Crippen LogP contribution < -0.4 is 0 Å². The molecule has 0 aromatic heterocycles. The first-order valence-electron chi connectivity index (χ1n) is 0.873. The van der Waals surface area contributed by atoms with E-state index in [1.807, 2.05) is 0 Å². The molecule has 0 fully saturated rings. The Morgan fingerprint density at radius 1 is 0.875 bits per heavy atom. The number of halogens is 4. The molecular formula is H3BBaF4LiTb-. The van der Waals surface area contributed by atoms with E-state index in [-0.39, 0.29) is 106 Å². The van der Waals surface area contributed by atoms with Crippen molar-refractivity contribution in [3.8, 4) is 0 Å². The van der Waals surface area contributed by atoms with Gasteiger partial charge in [0.25, 0.3) is 0 Å². The van der Waals surface area contributed by atoms with Crippen LogP contribution in [-0.4, -0.2) is 75.0 Å². The minimum atomic E-state index is -6.00. The Hall–Kier alpha value is 3.24. The Bertz CT molecular complexity index is 31.5. The smallest absolute Gasteiger partial charge is 0 e. The summed E-state index contributed by atoms with van der Waals surface area (Å²) in [5.74, 6) is 0. The van der Waals surface area contributed by atoms with E-state index in [2.05, 4.69) is 0 Å². The third kappa shape index (κ3) is 59.8. The number of hydrogen-bond donors (Lipinski definition) is 0. The third-order valence-corrected chi connectivity index (χ3v) is 0. The maximum absolute atomic E-state index is 9.75. The zero-order chi connectivity index (χ0) is 4.50. The average Bonchev–Trinajstić information content (AvgIpc) is 0.722. The van der Waals surface area contributed by atoms with Crippen molar-refractivity contribution >= 4 is 75.0 Å². The van der Waals surface area contributed by atoms with Crippen LogP contribution in [0.15, 0.2) is 0 Å². The Morgan fingerprint density at radius 3 is 0.875 bits per heavy atom. The summed E-state index contributed by atoms with van der Waals surface area (Å²) in [5, 5.41) is 0. The van der Waals surface area contributed by atoms with Gasteiger partial charge in [0.15, 0.2) is 0 Å². The van der Waals surface area contributed by atoms with Crippen molar-refractivity contribution < 1.29 is 55.9 Å². The van der Waals surface area contributed by atoms with Crippen LogP contribution in [0.3, 0.4) is 0 Å². The second kappa shape index (κ2) is 10.2. The van der Waals surface area contributed by atoms with Gasteiger partial charge in [0, 0.05) is 38.6 Å². The summed E-state index contributed by atoms with van der Waals surface area (Å²) in [6.45, 7) is 0. The van der Waals surface area contributed by atoms with Crippen LogP contribution in [0.5, 0.6) is 0 Å². The quantitative estimate of drug-likeness (QED) is 0.393. The van der Waals surface area contributed by atoms with Crippen LogP contribution in [0.1, 0.15) is 0 Å². The van der Waals surface area contributed by atoms with Gasteiger partial charge in [-0.3, -0.25) is 0 Å². The van der Waals surface area contributed by atoms with Gasteiger partial charge in [-0.15, -0.1) is 0 Å². The van der Waals surface area contributed by atoms with Crippen molar-refractivity contribution in [3.05, 3.63) is 0 Å².